The Labute approximate surface area is 185 Å². The third-order valence-corrected chi connectivity index (χ3v) is 7.52. The number of amides is 2. The van der Waals surface area contributed by atoms with Crippen LogP contribution in [0.2, 0.25) is 0 Å². The third-order valence-electron chi connectivity index (χ3n) is 7.52. The van der Waals surface area contributed by atoms with Gasteiger partial charge in [-0.05, 0) is 81.3 Å². The van der Waals surface area contributed by atoms with E-state index in [1.807, 2.05) is 29.2 Å². The van der Waals surface area contributed by atoms with Gasteiger partial charge in [-0.1, -0.05) is 30.3 Å². The van der Waals surface area contributed by atoms with Crippen LogP contribution < -0.4 is 10.1 Å². The number of nitrogens with zero attached hydrogens (tertiary/aromatic N) is 2. The lowest BCUT2D eigenvalue weighted by atomic mass is 9.90. The lowest BCUT2D eigenvalue weighted by Crippen LogP contribution is -2.43. The minimum atomic E-state index is -0.00734. The Hall–Kier alpha value is -2.53. The first-order chi connectivity index (χ1) is 15.2. The quantitative estimate of drug-likeness (QED) is 0.750. The Morgan fingerprint density at radius 2 is 1.55 bits per heavy atom. The second kappa shape index (κ2) is 8.91. The molecule has 3 fully saturated rings. The molecule has 3 atom stereocenters. The van der Waals surface area contributed by atoms with Crippen molar-refractivity contribution in [1.29, 1.82) is 0 Å². The number of anilines is 1. The summed E-state index contributed by atoms with van der Waals surface area (Å²) in [6, 6.07) is 19.8. The van der Waals surface area contributed by atoms with Crippen molar-refractivity contribution in [3.8, 4) is 5.75 Å². The van der Waals surface area contributed by atoms with Gasteiger partial charge >= 0.3 is 6.03 Å². The normalized spacial score (nSPS) is 26.6. The van der Waals surface area contributed by atoms with Crippen molar-refractivity contribution < 1.29 is 9.53 Å². The van der Waals surface area contributed by atoms with Gasteiger partial charge < -0.3 is 19.9 Å². The minimum absolute atomic E-state index is 0.00734. The number of hydrogen-bond donors (Lipinski definition) is 1. The van der Waals surface area contributed by atoms with Crippen LogP contribution in [0.4, 0.5) is 10.5 Å². The number of urea groups is 1. The molecule has 5 rings (SSSR count). The zero-order valence-corrected chi connectivity index (χ0v) is 18.4. The zero-order chi connectivity index (χ0) is 21.2. The van der Waals surface area contributed by atoms with Gasteiger partial charge in [-0.2, -0.15) is 0 Å². The van der Waals surface area contributed by atoms with E-state index in [1.54, 1.807) is 0 Å². The molecule has 2 aromatic rings. The van der Waals surface area contributed by atoms with Gasteiger partial charge in [0.05, 0.1) is 0 Å². The molecule has 0 saturated carbocycles. The molecule has 3 aliphatic rings. The molecular formula is C26H33N3O2. The molecule has 2 bridgehead atoms. The van der Waals surface area contributed by atoms with Gasteiger partial charge in [0.15, 0.2) is 0 Å². The van der Waals surface area contributed by atoms with Crippen LogP contribution >= 0.6 is 0 Å². The van der Waals surface area contributed by atoms with Crippen LogP contribution in [-0.2, 0) is 0 Å². The lowest BCUT2D eigenvalue weighted by molar-refractivity contribution is 0.0662. The highest BCUT2D eigenvalue weighted by molar-refractivity contribution is 5.89. The van der Waals surface area contributed by atoms with Crippen molar-refractivity contribution in [3.05, 3.63) is 60.2 Å². The molecular weight excluding hydrogens is 386 g/mol. The van der Waals surface area contributed by atoms with E-state index in [9.17, 15) is 4.79 Å². The average Bonchev–Trinajstić information content (AvgIpc) is 3.01. The summed E-state index contributed by atoms with van der Waals surface area (Å²) < 4.78 is 6.26. The molecule has 31 heavy (non-hydrogen) atoms. The smallest absolute Gasteiger partial charge is 0.321 e. The Morgan fingerprint density at radius 1 is 0.903 bits per heavy atom. The maximum absolute atomic E-state index is 12.7. The third kappa shape index (κ3) is 4.57. The highest BCUT2D eigenvalue weighted by Gasteiger charge is 2.39. The Bertz CT molecular complexity index is 863. The minimum Gasteiger partial charge on any atom is -0.490 e. The fraction of sp³-hybridized carbons (Fsp3) is 0.500. The summed E-state index contributed by atoms with van der Waals surface area (Å²) >= 11 is 0. The van der Waals surface area contributed by atoms with Gasteiger partial charge in [-0.3, -0.25) is 0 Å². The topological polar surface area (TPSA) is 44.8 Å². The van der Waals surface area contributed by atoms with Crippen molar-refractivity contribution in [2.75, 3.05) is 25.5 Å². The predicted molar refractivity (Wildman–Crippen MR) is 124 cm³/mol. The van der Waals surface area contributed by atoms with Crippen LogP contribution in [0.3, 0.4) is 0 Å². The van der Waals surface area contributed by atoms with Crippen LogP contribution in [-0.4, -0.2) is 54.2 Å². The standard InChI is InChI=1S/C26H33N3O2/c1-28-22-9-10-23(28)18-25(17-22)31-24-11-7-21(8-12-24)27-26(30)29-15-13-20(14-16-29)19-5-3-2-4-6-19/h2-8,11-12,20,22-23,25H,9-10,13-18H2,1H3,(H,27,30)/t22-,23+,25+. The SMILES string of the molecule is CN1[C@@H]2CC[C@H]1C[C@@H](Oc1ccc(NC(=O)N3CCC(c4ccccc4)CC3)cc1)C2. The first-order valence-corrected chi connectivity index (χ1v) is 11.8. The summed E-state index contributed by atoms with van der Waals surface area (Å²) in [5, 5.41) is 3.05. The molecule has 5 heteroatoms. The molecule has 3 heterocycles. The van der Waals surface area contributed by atoms with Gasteiger partial charge in [0.25, 0.3) is 0 Å². The predicted octanol–water partition coefficient (Wildman–Crippen LogP) is 5.10. The fourth-order valence-corrected chi connectivity index (χ4v) is 5.61. The molecule has 0 radical (unpaired) electrons. The van der Waals surface area contributed by atoms with Crippen LogP contribution in [0.15, 0.2) is 54.6 Å². The van der Waals surface area contributed by atoms with Crippen molar-refractivity contribution >= 4 is 11.7 Å². The number of likely N-dealkylation sites (tertiary alicyclic amines) is 1. The molecule has 3 aliphatic heterocycles. The van der Waals surface area contributed by atoms with Crippen LogP contribution in [0, 0.1) is 0 Å². The Morgan fingerprint density at radius 3 is 2.19 bits per heavy atom. The van der Waals surface area contributed by atoms with E-state index in [4.69, 9.17) is 4.74 Å². The van der Waals surface area contributed by atoms with Crippen LogP contribution in [0.1, 0.15) is 50.0 Å². The Kier molecular flexibility index (Phi) is 5.86. The number of piperidine rings is 2. The van der Waals surface area contributed by atoms with Gasteiger partial charge in [-0.15, -0.1) is 0 Å². The number of benzene rings is 2. The molecule has 1 N–H and O–H groups in total. The first-order valence-electron chi connectivity index (χ1n) is 11.8. The van der Waals surface area contributed by atoms with Gasteiger partial charge in [-0.25, -0.2) is 4.79 Å². The van der Waals surface area contributed by atoms with E-state index in [1.165, 1.54) is 18.4 Å². The zero-order valence-electron chi connectivity index (χ0n) is 18.4. The first kappa shape index (κ1) is 20.4. The fourth-order valence-electron chi connectivity index (χ4n) is 5.61. The lowest BCUT2D eigenvalue weighted by Gasteiger charge is -2.36. The van der Waals surface area contributed by atoms with E-state index in [2.05, 4.69) is 47.6 Å². The second-order valence-corrected chi connectivity index (χ2v) is 9.39. The molecule has 0 aromatic heterocycles. The Balaban J connectivity index is 1.10. The summed E-state index contributed by atoms with van der Waals surface area (Å²) in [6.07, 6.45) is 7.17. The number of hydrogen-bond acceptors (Lipinski definition) is 3. The van der Waals surface area contributed by atoms with Crippen molar-refractivity contribution in [3.63, 3.8) is 0 Å². The summed E-state index contributed by atoms with van der Waals surface area (Å²) in [7, 11) is 2.25. The number of carbonyl (C=O) groups is 1. The number of carbonyl (C=O) groups excluding carboxylic acids is 1. The van der Waals surface area contributed by atoms with E-state index in [0.717, 1.165) is 50.2 Å². The molecule has 0 unspecified atom stereocenters. The van der Waals surface area contributed by atoms with E-state index < -0.39 is 0 Å². The summed E-state index contributed by atoms with van der Waals surface area (Å²) in [5.41, 5.74) is 2.21. The molecule has 0 aliphatic carbocycles. The highest BCUT2D eigenvalue weighted by atomic mass is 16.5. The van der Waals surface area contributed by atoms with Gasteiger partial charge in [0, 0.05) is 30.9 Å². The van der Waals surface area contributed by atoms with Gasteiger partial charge in [0.2, 0.25) is 0 Å². The van der Waals surface area contributed by atoms with Crippen LogP contribution in [0.25, 0.3) is 0 Å². The van der Waals surface area contributed by atoms with E-state index >= 15 is 0 Å². The number of nitrogens with one attached hydrogen (secondary N) is 1. The monoisotopic (exact) mass is 419 g/mol. The highest BCUT2D eigenvalue weighted by Crippen LogP contribution is 2.36. The summed E-state index contributed by atoms with van der Waals surface area (Å²) in [4.78, 5) is 17.2. The van der Waals surface area contributed by atoms with Crippen molar-refractivity contribution in [2.45, 2.75) is 62.6 Å². The van der Waals surface area contributed by atoms with E-state index in [-0.39, 0.29) is 6.03 Å². The maximum Gasteiger partial charge on any atom is 0.321 e. The molecule has 2 amide bonds. The molecule has 164 valence electrons. The second-order valence-electron chi connectivity index (χ2n) is 9.39. The maximum atomic E-state index is 12.7. The van der Waals surface area contributed by atoms with Crippen LogP contribution in [0.5, 0.6) is 5.75 Å². The average molecular weight is 420 g/mol. The van der Waals surface area contributed by atoms with Crippen molar-refractivity contribution in [1.82, 2.24) is 9.80 Å². The largest absolute Gasteiger partial charge is 0.490 e. The molecule has 3 saturated heterocycles. The summed E-state index contributed by atoms with van der Waals surface area (Å²) in [5.74, 6) is 1.45. The number of fused-ring (bicyclic) bond motifs is 2. The molecule has 0 spiro atoms. The number of ether oxygens (including phenoxy) is 1. The number of rotatable bonds is 4. The van der Waals surface area contributed by atoms with E-state index in [0.29, 0.717) is 24.1 Å². The van der Waals surface area contributed by atoms with Gasteiger partial charge in [0.1, 0.15) is 11.9 Å². The molecule has 5 nitrogen and oxygen atoms in total. The summed E-state index contributed by atoms with van der Waals surface area (Å²) in [6.45, 7) is 1.59. The molecule has 2 aromatic carbocycles. The van der Waals surface area contributed by atoms with Crippen molar-refractivity contribution in [2.24, 2.45) is 0 Å².